The number of imide groups is 1. The van der Waals surface area contributed by atoms with Crippen LogP contribution in [0.1, 0.15) is 20.7 Å². The molecule has 0 fully saturated rings. The minimum absolute atomic E-state index is 0.00866. The molecule has 0 saturated carbocycles. The van der Waals surface area contributed by atoms with Crippen LogP contribution in [0.3, 0.4) is 0 Å². The van der Waals surface area contributed by atoms with Gasteiger partial charge in [-0.15, -0.1) is 0 Å². The number of hydrogen-bond donors (Lipinski definition) is 1. The highest BCUT2D eigenvalue weighted by atomic mass is 16.6. The maximum absolute atomic E-state index is 12.7. The predicted octanol–water partition coefficient (Wildman–Crippen LogP) is 2.94. The number of hydrazine groups is 1. The fraction of sp³-hybridized carbons (Fsp3) is 0. The number of carbonyl (C=O) groups is 2. The largest absolute Gasteiger partial charge is 0.438 e. The number of amides is 2. The van der Waals surface area contributed by atoms with Crippen LogP contribution >= 0.6 is 0 Å². The summed E-state index contributed by atoms with van der Waals surface area (Å²) in [6.07, 6.45) is 1.44. The summed E-state index contributed by atoms with van der Waals surface area (Å²) in [5, 5.41) is 11.1. The Morgan fingerprint density at radius 1 is 0.964 bits per heavy atom. The van der Waals surface area contributed by atoms with Gasteiger partial charge in [-0.2, -0.15) is 0 Å². The van der Waals surface area contributed by atoms with Crippen molar-refractivity contribution in [3.63, 3.8) is 0 Å². The van der Waals surface area contributed by atoms with Gasteiger partial charge in [0.2, 0.25) is 5.88 Å². The lowest BCUT2D eigenvalue weighted by atomic mass is 10.1. The van der Waals surface area contributed by atoms with Crippen molar-refractivity contribution in [2.24, 2.45) is 5.84 Å². The SMILES string of the molecule is NN(C(=O)c1ccc([N+](=O)[O-])cc1)C(=O)c1cccnc1Oc1ccccc1. The molecule has 0 saturated heterocycles. The summed E-state index contributed by atoms with van der Waals surface area (Å²) in [6, 6.07) is 16.4. The molecule has 9 nitrogen and oxygen atoms in total. The van der Waals surface area contributed by atoms with Crippen molar-refractivity contribution in [2.45, 2.75) is 0 Å². The Morgan fingerprint density at radius 3 is 2.29 bits per heavy atom. The smallest absolute Gasteiger partial charge is 0.280 e. The fourth-order valence-electron chi connectivity index (χ4n) is 2.32. The predicted molar refractivity (Wildman–Crippen MR) is 98.5 cm³/mol. The van der Waals surface area contributed by atoms with E-state index in [-0.39, 0.29) is 22.7 Å². The molecule has 0 radical (unpaired) electrons. The van der Waals surface area contributed by atoms with E-state index >= 15 is 0 Å². The Kier molecular flexibility index (Phi) is 5.38. The van der Waals surface area contributed by atoms with Gasteiger partial charge in [0.1, 0.15) is 11.3 Å². The quantitative estimate of drug-likeness (QED) is 0.237. The van der Waals surface area contributed by atoms with E-state index in [2.05, 4.69) is 4.98 Å². The summed E-state index contributed by atoms with van der Waals surface area (Å²) in [4.78, 5) is 39.3. The summed E-state index contributed by atoms with van der Waals surface area (Å²) in [6.45, 7) is 0. The van der Waals surface area contributed by atoms with Crippen molar-refractivity contribution in [3.8, 4) is 11.6 Å². The lowest BCUT2D eigenvalue weighted by molar-refractivity contribution is -0.384. The van der Waals surface area contributed by atoms with E-state index in [1.54, 1.807) is 24.3 Å². The minimum Gasteiger partial charge on any atom is -0.438 e. The number of nitro groups is 1. The van der Waals surface area contributed by atoms with Gasteiger partial charge < -0.3 is 4.74 Å². The van der Waals surface area contributed by atoms with Crippen LogP contribution in [0.4, 0.5) is 5.69 Å². The van der Waals surface area contributed by atoms with Crippen molar-refractivity contribution in [1.29, 1.82) is 0 Å². The summed E-state index contributed by atoms with van der Waals surface area (Å²) >= 11 is 0. The van der Waals surface area contributed by atoms with Crippen LogP contribution in [0.2, 0.25) is 0 Å². The molecule has 140 valence electrons. The Labute approximate surface area is 159 Å². The lowest BCUT2D eigenvalue weighted by Gasteiger charge is -2.16. The molecule has 2 amide bonds. The normalized spacial score (nSPS) is 10.2. The molecule has 0 bridgehead atoms. The number of nitrogens with zero attached hydrogens (tertiary/aromatic N) is 3. The molecular weight excluding hydrogens is 364 g/mol. The molecule has 9 heteroatoms. The van der Waals surface area contributed by atoms with E-state index in [1.165, 1.54) is 30.5 Å². The number of para-hydroxylation sites is 1. The summed E-state index contributed by atoms with van der Waals surface area (Å²) < 4.78 is 5.61. The number of nitro benzene ring substituents is 1. The van der Waals surface area contributed by atoms with Gasteiger partial charge in [-0.1, -0.05) is 18.2 Å². The number of hydrogen-bond acceptors (Lipinski definition) is 7. The van der Waals surface area contributed by atoms with E-state index in [0.717, 1.165) is 12.1 Å². The van der Waals surface area contributed by atoms with Gasteiger partial charge in [0, 0.05) is 23.9 Å². The molecule has 28 heavy (non-hydrogen) atoms. The minimum atomic E-state index is -0.831. The van der Waals surface area contributed by atoms with Gasteiger partial charge in [0.15, 0.2) is 0 Å². The number of ether oxygens (including phenoxy) is 1. The van der Waals surface area contributed by atoms with Crippen LogP contribution in [0.5, 0.6) is 11.6 Å². The van der Waals surface area contributed by atoms with E-state index < -0.39 is 16.7 Å². The zero-order chi connectivity index (χ0) is 20.1. The summed E-state index contributed by atoms with van der Waals surface area (Å²) in [7, 11) is 0. The maximum Gasteiger partial charge on any atom is 0.280 e. The molecule has 0 aliphatic rings. The van der Waals surface area contributed by atoms with Crippen LogP contribution in [-0.2, 0) is 0 Å². The molecule has 3 aromatic rings. The molecule has 0 aliphatic heterocycles. The third-order valence-corrected chi connectivity index (χ3v) is 3.72. The topological polar surface area (TPSA) is 129 Å². The molecule has 2 aromatic carbocycles. The zero-order valence-electron chi connectivity index (χ0n) is 14.4. The molecule has 0 atom stereocenters. The first-order valence-electron chi connectivity index (χ1n) is 8.03. The number of non-ortho nitro benzene ring substituents is 1. The highest BCUT2D eigenvalue weighted by Gasteiger charge is 2.25. The van der Waals surface area contributed by atoms with Crippen molar-refractivity contribution >= 4 is 17.5 Å². The van der Waals surface area contributed by atoms with Crippen molar-refractivity contribution in [1.82, 2.24) is 9.99 Å². The number of aromatic nitrogens is 1. The number of rotatable bonds is 5. The second kappa shape index (κ2) is 8.06. The van der Waals surface area contributed by atoms with Gasteiger partial charge in [0.25, 0.3) is 17.5 Å². The summed E-state index contributed by atoms with van der Waals surface area (Å²) in [5.41, 5.74) is -0.169. The van der Waals surface area contributed by atoms with Crippen LogP contribution in [-0.4, -0.2) is 26.7 Å². The van der Waals surface area contributed by atoms with E-state index in [9.17, 15) is 19.7 Å². The van der Waals surface area contributed by atoms with Crippen LogP contribution in [0.15, 0.2) is 72.9 Å². The molecular formula is C19H14N4O5. The van der Waals surface area contributed by atoms with Crippen LogP contribution < -0.4 is 10.6 Å². The molecule has 0 unspecified atom stereocenters. The lowest BCUT2D eigenvalue weighted by Crippen LogP contribution is -2.42. The number of nitrogens with two attached hydrogens (primary N) is 1. The second-order valence-corrected chi connectivity index (χ2v) is 5.56. The second-order valence-electron chi connectivity index (χ2n) is 5.56. The molecule has 1 heterocycles. The Morgan fingerprint density at radius 2 is 1.64 bits per heavy atom. The van der Waals surface area contributed by atoms with Gasteiger partial charge >= 0.3 is 0 Å². The fourth-order valence-corrected chi connectivity index (χ4v) is 2.32. The van der Waals surface area contributed by atoms with Crippen molar-refractivity contribution < 1.29 is 19.2 Å². The van der Waals surface area contributed by atoms with Crippen LogP contribution in [0, 0.1) is 10.1 Å². The first-order valence-corrected chi connectivity index (χ1v) is 8.03. The highest BCUT2D eigenvalue weighted by Crippen LogP contribution is 2.23. The monoisotopic (exact) mass is 378 g/mol. The molecule has 2 N–H and O–H groups in total. The number of benzene rings is 2. The van der Waals surface area contributed by atoms with E-state index in [4.69, 9.17) is 10.6 Å². The Balaban J connectivity index is 1.83. The third kappa shape index (κ3) is 4.00. The average molecular weight is 378 g/mol. The van der Waals surface area contributed by atoms with Crippen molar-refractivity contribution in [2.75, 3.05) is 0 Å². The number of carbonyl (C=O) groups excluding carboxylic acids is 2. The van der Waals surface area contributed by atoms with Crippen molar-refractivity contribution in [3.05, 3.63) is 94.2 Å². The molecule has 0 aliphatic carbocycles. The summed E-state index contributed by atoms with van der Waals surface area (Å²) in [5.74, 6) is 4.50. The molecule has 0 spiro atoms. The van der Waals surface area contributed by atoms with Crippen LogP contribution in [0.25, 0.3) is 0 Å². The zero-order valence-corrected chi connectivity index (χ0v) is 14.4. The van der Waals surface area contributed by atoms with E-state index in [1.807, 2.05) is 6.07 Å². The van der Waals surface area contributed by atoms with Gasteiger partial charge in [-0.3, -0.25) is 19.7 Å². The Bertz CT molecular complexity index is 1020. The van der Waals surface area contributed by atoms with Gasteiger partial charge in [-0.05, 0) is 36.4 Å². The maximum atomic E-state index is 12.7. The Hall–Kier alpha value is -4.11. The van der Waals surface area contributed by atoms with Gasteiger partial charge in [-0.25, -0.2) is 15.8 Å². The third-order valence-electron chi connectivity index (χ3n) is 3.72. The first-order chi connectivity index (χ1) is 13.5. The molecule has 1 aromatic heterocycles. The van der Waals surface area contributed by atoms with E-state index in [0.29, 0.717) is 10.8 Å². The van der Waals surface area contributed by atoms with Gasteiger partial charge in [0.05, 0.1) is 4.92 Å². The highest BCUT2D eigenvalue weighted by molar-refractivity contribution is 6.10. The standard InChI is InChI=1S/C19H14N4O5/c20-22(18(24)13-8-10-14(11-9-13)23(26)27)19(25)16-7-4-12-21-17(16)28-15-5-2-1-3-6-15/h1-12H,20H2. The molecule has 3 rings (SSSR count). The first kappa shape index (κ1) is 18.7. The average Bonchev–Trinajstić information content (AvgIpc) is 2.73. The number of pyridine rings is 1.